The molecule has 35 heteroatoms. The van der Waals surface area contributed by atoms with Crippen LogP contribution in [0.1, 0.15) is 99.1 Å². The van der Waals surface area contributed by atoms with E-state index in [1.807, 2.05) is 24.3 Å². The minimum Gasteiger partial charge on any atom is -0.465 e. The van der Waals surface area contributed by atoms with Crippen LogP contribution in [0.25, 0.3) is 102 Å². The molecule has 10 heterocycles. The highest BCUT2D eigenvalue weighted by atomic mass is 19.4. The number of Topliss-reactive ketones (excluding diaryl/α,β-unsaturated/α-hetero) is 1. The minimum atomic E-state index is -4.54. The second-order valence-electron chi connectivity index (χ2n) is 27.4. The molecule has 4 N–H and O–H groups in total. The first-order valence-electron chi connectivity index (χ1n) is 36.1. The van der Waals surface area contributed by atoms with Gasteiger partial charge in [0.05, 0.1) is 56.5 Å². The fraction of sp³-hybridized carbons (Fsp3) is 0.235. The number of H-pyrrole nitrogens is 3. The van der Waals surface area contributed by atoms with Gasteiger partial charge in [-0.2, -0.15) is 39.5 Å². The number of hydrogen-bond donors (Lipinski definition) is 4. The van der Waals surface area contributed by atoms with E-state index < -0.39 is 52.9 Å². The number of nitrogens with zero attached hydrogens (tertiary/aromatic N) is 15. The van der Waals surface area contributed by atoms with Crippen molar-refractivity contribution in [1.82, 2.24) is 87.2 Å². The van der Waals surface area contributed by atoms with Crippen molar-refractivity contribution in [2.75, 3.05) is 20.3 Å². The van der Waals surface area contributed by atoms with E-state index in [4.69, 9.17) is 9.47 Å². The maximum atomic E-state index is 13.0. The Morgan fingerprint density at radius 2 is 0.793 bits per heavy atom. The van der Waals surface area contributed by atoms with Gasteiger partial charge in [0.1, 0.15) is 34.0 Å². The molecule has 17 rings (SSSR count). The van der Waals surface area contributed by atoms with Gasteiger partial charge < -0.3 is 43.2 Å². The Labute approximate surface area is 650 Å². The number of aromatic nitrogens is 18. The predicted molar refractivity (Wildman–Crippen MR) is 408 cm³/mol. The molecule has 0 amide bonds. The molecule has 6 aromatic carbocycles. The molecule has 594 valence electrons. The second-order valence-corrected chi connectivity index (χ2v) is 27.4. The number of aromatic amines is 3. The van der Waals surface area contributed by atoms with Crippen molar-refractivity contribution in [1.29, 1.82) is 0 Å². The number of benzene rings is 6. The Bertz CT molecular complexity index is 6100. The van der Waals surface area contributed by atoms with E-state index in [1.54, 1.807) is 134 Å². The van der Waals surface area contributed by atoms with Gasteiger partial charge in [0, 0.05) is 98.3 Å². The van der Waals surface area contributed by atoms with E-state index in [0.29, 0.717) is 109 Å². The molecule has 1 aliphatic carbocycles. The summed E-state index contributed by atoms with van der Waals surface area (Å²) in [4.78, 5) is 109. The Kier molecular flexibility index (Phi) is 21.9. The van der Waals surface area contributed by atoms with Gasteiger partial charge in [-0.25, -0.2) is 64.0 Å². The third kappa shape index (κ3) is 16.9. The first kappa shape index (κ1) is 79.1. The maximum absolute atomic E-state index is 13.0. The van der Waals surface area contributed by atoms with Crippen molar-refractivity contribution >= 4 is 45.2 Å². The average molecular weight is 1590 g/mol. The molecule has 0 unspecified atom stereocenters. The molecular weight excluding hydrogens is 1520 g/mol. The lowest BCUT2D eigenvalue weighted by Crippen LogP contribution is -2.17. The summed E-state index contributed by atoms with van der Waals surface area (Å²) in [6.45, 7) is 4.28. The van der Waals surface area contributed by atoms with E-state index in [9.17, 15) is 68.6 Å². The van der Waals surface area contributed by atoms with Crippen molar-refractivity contribution in [3.8, 4) is 68.3 Å². The highest BCUT2D eigenvalue weighted by Gasteiger charge is 2.44. The van der Waals surface area contributed by atoms with Gasteiger partial charge in [-0.05, 0) is 54.0 Å². The molecule has 26 nitrogen and oxygen atoms in total. The highest BCUT2D eigenvalue weighted by Crippen LogP contribution is 2.48. The lowest BCUT2D eigenvalue weighted by atomic mass is 10.00. The molecule has 0 spiro atoms. The largest absolute Gasteiger partial charge is 0.465 e. The number of ether oxygens (including phenoxy) is 2. The number of alkyl halides is 9. The highest BCUT2D eigenvalue weighted by molar-refractivity contribution is 6.01. The molecule has 1 saturated carbocycles. The van der Waals surface area contributed by atoms with Crippen LogP contribution in [0.5, 0.6) is 0 Å². The number of aryl methyl sites for hydroxylation is 3. The third-order valence-corrected chi connectivity index (χ3v) is 19.3. The molecule has 9 aromatic heterocycles. The summed E-state index contributed by atoms with van der Waals surface area (Å²) in [7, 11) is 5.78. The molecule has 0 bridgehead atoms. The van der Waals surface area contributed by atoms with Crippen LogP contribution in [0, 0.1) is 0 Å². The van der Waals surface area contributed by atoms with Crippen LogP contribution in [0.15, 0.2) is 197 Å². The lowest BCUT2D eigenvalue weighted by Gasteiger charge is -2.13. The smallest absolute Gasteiger partial charge is 0.434 e. The number of methoxy groups -OCH3 is 1. The summed E-state index contributed by atoms with van der Waals surface area (Å²) in [6.07, 6.45) is -2.01. The number of imidazole rings is 6. The minimum absolute atomic E-state index is 0.0408. The van der Waals surface area contributed by atoms with Gasteiger partial charge in [0.2, 0.25) is 0 Å². The van der Waals surface area contributed by atoms with Crippen LogP contribution >= 0.6 is 0 Å². The van der Waals surface area contributed by atoms with Crippen LogP contribution in [0.2, 0.25) is 0 Å². The number of fused-ring (bicyclic) bond motifs is 3. The summed E-state index contributed by atoms with van der Waals surface area (Å²) in [5, 5.41) is 10.7. The zero-order valence-electron chi connectivity index (χ0n) is 62.3. The zero-order chi connectivity index (χ0) is 82.1. The number of halogens is 9. The van der Waals surface area contributed by atoms with Crippen LogP contribution in [-0.4, -0.2) is 124 Å². The van der Waals surface area contributed by atoms with Crippen molar-refractivity contribution in [2.45, 2.75) is 82.8 Å². The summed E-state index contributed by atoms with van der Waals surface area (Å²) in [6, 6.07) is 41.5. The number of hydrogen-bond acceptors (Lipinski definition) is 17. The van der Waals surface area contributed by atoms with Gasteiger partial charge >= 0.3 is 41.6 Å². The number of esters is 1. The molecule has 116 heavy (non-hydrogen) atoms. The van der Waals surface area contributed by atoms with E-state index in [2.05, 4.69) is 59.8 Å². The summed E-state index contributed by atoms with van der Waals surface area (Å²) >= 11 is 0. The molecule has 1 aliphatic heterocycles. The van der Waals surface area contributed by atoms with E-state index in [-0.39, 0.29) is 65.7 Å². The Morgan fingerprint density at radius 3 is 1.11 bits per heavy atom. The summed E-state index contributed by atoms with van der Waals surface area (Å²) < 4.78 is 135. The van der Waals surface area contributed by atoms with Crippen molar-refractivity contribution in [3.63, 3.8) is 0 Å². The van der Waals surface area contributed by atoms with Gasteiger partial charge in [0.25, 0.3) is 0 Å². The first-order valence-corrected chi connectivity index (χ1v) is 36.1. The molecule has 2 aliphatic rings. The fourth-order valence-corrected chi connectivity index (χ4v) is 13.2. The number of ketones is 1. The van der Waals surface area contributed by atoms with Gasteiger partial charge in [0.15, 0.2) is 57.3 Å². The topological polar surface area (TPSA) is 317 Å². The van der Waals surface area contributed by atoms with E-state index in [1.165, 1.54) is 80.9 Å². The fourth-order valence-electron chi connectivity index (χ4n) is 13.2. The van der Waals surface area contributed by atoms with E-state index >= 15 is 0 Å². The number of carbonyl (C=O) groups is 2. The monoisotopic (exact) mass is 1590 g/mol. The summed E-state index contributed by atoms with van der Waals surface area (Å²) in [5.74, 6) is 0.931. The quantitative estimate of drug-likeness (QED) is 0.0397. The first-order chi connectivity index (χ1) is 55.4. The van der Waals surface area contributed by atoms with E-state index in [0.717, 1.165) is 48.5 Å². The van der Waals surface area contributed by atoms with Crippen LogP contribution < -0.4 is 17.1 Å². The van der Waals surface area contributed by atoms with Crippen LogP contribution in [0.4, 0.5) is 39.5 Å². The number of carbonyl (C=O) groups excluding carboxylic acids is 2. The van der Waals surface area contributed by atoms with Gasteiger partial charge in [-0.1, -0.05) is 146 Å². The molecule has 1 saturated heterocycles. The normalized spacial score (nSPS) is 13.3. The van der Waals surface area contributed by atoms with Crippen LogP contribution in [0.3, 0.4) is 0 Å². The van der Waals surface area contributed by atoms with Gasteiger partial charge in [-0.3, -0.25) is 18.5 Å². The number of nitrogens with one attached hydrogen (secondary N) is 3. The predicted octanol–water partition coefficient (Wildman–Crippen LogP) is 13.9. The molecule has 0 atom stereocenters. The average Bonchev–Trinajstić information content (AvgIpc) is 1.60. The lowest BCUT2D eigenvalue weighted by molar-refractivity contribution is -0.141. The third-order valence-electron chi connectivity index (χ3n) is 19.3. The summed E-state index contributed by atoms with van der Waals surface area (Å²) in [5.41, 5.74) is 4.55. The van der Waals surface area contributed by atoms with Crippen molar-refractivity contribution in [3.05, 3.63) is 265 Å². The zero-order valence-corrected chi connectivity index (χ0v) is 62.3. The maximum Gasteiger partial charge on any atom is 0.434 e. The Hall–Kier alpha value is -13.6. The molecule has 15 aromatic rings. The van der Waals surface area contributed by atoms with Crippen molar-refractivity contribution in [2.24, 2.45) is 21.1 Å². The molecular formula is C81H69F9N18O8. The standard InChI is InChI=1S/2C26H21F3N6O2.C25H19F3N6O3.C4H8O/c1-34-14-20(26(27,28)29)32-22(34)16-8-6-15(7-9-16)13-35-23-19(31-24(35)36)12-30-21(33-23)17-4-2-3-5-18(17)25(37)10-11-25;1-3-20(36)17-6-4-5-7-18(17)22-30-12-19-24(33-22)35(25(37)31-19)13-15-8-10-16(11-9-15)23-32-21(14-34(23)2)26(27,28)29;1-33-13-19(25(26,27)28)31-21(33)15-9-7-14(8-10-15)12-34-22-18(30-24(34)36)11-29-20(32-22)16-5-3-4-6-17(16)23(35)37-2;1-2-4-5-3-1/h2-9,12,14,37H,10-11,13H2,1H3,(H,31,36);4-12,14H,3,13H2,1-2H3,(H,31,37);3-11,13H,12H2,1-2H3,(H,30,36);1-4H2. The van der Waals surface area contributed by atoms with Crippen LogP contribution in [-0.2, 0) is 74.4 Å². The molecule has 0 radical (unpaired) electrons. The number of rotatable bonds is 16. The van der Waals surface area contributed by atoms with Gasteiger partial charge in [-0.15, -0.1) is 0 Å². The number of aliphatic hydroxyl groups is 1. The second kappa shape index (κ2) is 32.1. The Morgan fingerprint density at radius 1 is 0.466 bits per heavy atom. The molecule has 2 fully saturated rings. The van der Waals surface area contributed by atoms with Crippen molar-refractivity contribution < 1.29 is 63.7 Å². The Balaban J connectivity index is 0.000000139. The SMILES string of the molecule is C1CCOC1.CCC(=O)c1ccccc1-c1ncc2[nH]c(=O)n(Cc3ccc(-c4nc(C(F)(F)F)cn4C)cc3)c2n1.COC(=O)c1ccccc1-c1ncc2[nH]c(=O)n(Cc3ccc(-c4nc(C(F)(F)F)cn4C)cc3)c2n1.Cn1cc(C(F)(F)F)nc1-c1ccc(Cn2c(=O)[nH]c3cnc(-c4ccccc4C4(O)CC4)nc32)cc1.